The first-order valence-electron chi connectivity index (χ1n) is 19.9. The van der Waals surface area contributed by atoms with Crippen LogP contribution in [0, 0.1) is 0 Å². The fraction of sp³-hybridized carbons (Fsp3) is 0.234. The first-order valence-corrected chi connectivity index (χ1v) is 24.5. The third-order valence-corrected chi connectivity index (χ3v) is 16.0. The highest BCUT2D eigenvalue weighted by atomic mass is 32.2. The lowest BCUT2D eigenvalue weighted by molar-refractivity contribution is 0.410. The molecule has 312 valence electrons. The zero-order chi connectivity index (χ0) is 42.7. The number of methoxy groups -OCH3 is 1. The van der Waals surface area contributed by atoms with Gasteiger partial charge in [0.05, 0.1) is 39.2 Å². The Morgan fingerprint density at radius 1 is 0.550 bits per heavy atom. The standard InChI is InChI=1S/C26H26N2O2S2.C21H24N2O3S2/c1-3-28(4-2)32(29,30)23-17-15-20(16-18-23)24-19-31-26(27-24)25(21-11-7-5-8-12-21)22-13-9-6-10-14-22;1-4-23(5-2)28(24,25)18-12-10-16(11-13-18)19-15-27-21(22-19)14-17-8-6-7-9-20(17)26-3/h5-19,25H,3-4H2,1-2H3;6-13,15H,4-5,14H2,1-3H3. The molecule has 0 aliphatic carbocycles. The van der Waals surface area contributed by atoms with Crippen LogP contribution in [-0.4, -0.2) is 68.7 Å². The van der Waals surface area contributed by atoms with Gasteiger partial charge < -0.3 is 4.74 Å². The molecule has 2 aromatic heterocycles. The van der Waals surface area contributed by atoms with Crippen molar-refractivity contribution in [2.24, 2.45) is 0 Å². The summed E-state index contributed by atoms with van der Waals surface area (Å²) in [5.41, 5.74) is 6.99. The van der Waals surface area contributed by atoms with Gasteiger partial charge >= 0.3 is 0 Å². The maximum absolute atomic E-state index is 12.8. The topological polar surface area (TPSA) is 110 Å². The Hall–Kier alpha value is -5.02. The molecular weight excluding hydrogens is 829 g/mol. The average Bonchev–Trinajstić information content (AvgIpc) is 3.96. The van der Waals surface area contributed by atoms with Gasteiger partial charge in [-0.25, -0.2) is 26.8 Å². The molecule has 13 heteroatoms. The molecule has 0 radical (unpaired) electrons. The molecule has 0 saturated heterocycles. The van der Waals surface area contributed by atoms with Gasteiger partial charge in [0.1, 0.15) is 10.8 Å². The number of para-hydroxylation sites is 1. The lowest BCUT2D eigenvalue weighted by atomic mass is 9.92. The number of benzene rings is 5. The van der Waals surface area contributed by atoms with Crippen molar-refractivity contribution < 1.29 is 21.6 Å². The second-order valence-corrected chi connectivity index (χ2v) is 19.4. The SMILES string of the molecule is CCN(CC)S(=O)(=O)c1ccc(-c2csc(C(c3ccccc3)c3ccccc3)n2)cc1.CCN(CC)S(=O)(=O)c1ccc(-c2csc(Cc3ccccc3OC)n2)cc1. The minimum atomic E-state index is -3.46. The van der Waals surface area contributed by atoms with Crippen molar-refractivity contribution in [2.75, 3.05) is 33.3 Å². The summed E-state index contributed by atoms with van der Waals surface area (Å²) in [5.74, 6) is 0.906. The highest BCUT2D eigenvalue weighted by Crippen LogP contribution is 2.36. The van der Waals surface area contributed by atoms with Gasteiger partial charge in [0.15, 0.2) is 0 Å². The molecule has 7 rings (SSSR count). The van der Waals surface area contributed by atoms with Crippen molar-refractivity contribution in [2.45, 2.75) is 49.8 Å². The Morgan fingerprint density at radius 2 is 0.983 bits per heavy atom. The maximum Gasteiger partial charge on any atom is 0.243 e. The van der Waals surface area contributed by atoms with Gasteiger partial charge in [0.2, 0.25) is 20.0 Å². The van der Waals surface area contributed by atoms with E-state index in [1.54, 1.807) is 54.0 Å². The summed E-state index contributed by atoms with van der Waals surface area (Å²) in [7, 11) is -5.24. The van der Waals surface area contributed by atoms with E-state index in [4.69, 9.17) is 14.7 Å². The Bertz CT molecular complexity index is 2600. The lowest BCUT2D eigenvalue weighted by Gasteiger charge is -2.18. The summed E-state index contributed by atoms with van der Waals surface area (Å²) in [6.45, 7) is 9.21. The fourth-order valence-corrected chi connectivity index (χ4v) is 11.6. The van der Waals surface area contributed by atoms with Crippen LogP contribution in [-0.2, 0) is 26.5 Å². The van der Waals surface area contributed by atoms with E-state index in [0.29, 0.717) is 42.4 Å². The number of ether oxygens (including phenoxy) is 1. The third-order valence-electron chi connectivity index (χ3n) is 10.1. The number of rotatable bonds is 16. The Morgan fingerprint density at radius 3 is 1.45 bits per heavy atom. The van der Waals surface area contributed by atoms with Crippen LogP contribution in [0.5, 0.6) is 5.75 Å². The van der Waals surface area contributed by atoms with E-state index < -0.39 is 20.0 Å². The van der Waals surface area contributed by atoms with Crippen LogP contribution in [0.4, 0.5) is 0 Å². The molecule has 0 spiro atoms. The van der Waals surface area contributed by atoms with Crippen molar-refractivity contribution in [1.82, 2.24) is 18.6 Å². The molecule has 0 N–H and O–H groups in total. The summed E-state index contributed by atoms with van der Waals surface area (Å²) in [4.78, 5) is 10.3. The molecule has 0 aliphatic rings. The van der Waals surface area contributed by atoms with Gasteiger partial charge in [-0.2, -0.15) is 8.61 Å². The molecule has 2 heterocycles. The monoisotopic (exact) mass is 878 g/mol. The molecule has 0 atom stereocenters. The zero-order valence-corrected chi connectivity index (χ0v) is 37.7. The minimum Gasteiger partial charge on any atom is -0.496 e. The summed E-state index contributed by atoms with van der Waals surface area (Å²) < 4.78 is 59.1. The van der Waals surface area contributed by atoms with Crippen molar-refractivity contribution in [3.8, 4) is 28.3 Å². The summed E-state index contributed by atoms with van der Waals surface area (Å²) in [6, 6.07) is 42.7. The van der Waals surface area contributed by atoms with Gasteiger partial charge in [-0.3, -0.25) is 0 Å². The normalized spacial score (nSPS) is 11.8. The molecule has 0 saturated carbocycles. The van der Waals surface area contributed by atoms with Crippen LogP contribution in [0.25, 0.3) is 22.5 Å². The van der Waals surface area contributed by atoms with Gasteiger partial charge in [-0.05, 0) is 41.5 Å². The first-order chi connectivity index (χ1) is 29.0. The molecule has 7 aromatic rings. The van der Waals surface area contributed by atoms with E-state index >= 15 is 0 Å². The predicted molar refractivity (Wildman–Crippen MR) is 245 cm³/mol. The molecule has 5 aromatic carbocycles. The van der Waals surface area contributed by atoms with E-state index in [1.807, 2.05) is 99.1 Å². The van der Waals surface area contributed by atoms with Gasteiger partial charge in [0.25, 0.3) is 0 Å². The molecule has 9 nitrogen and oxygen atoms in total. The van der Waals surface area contributed by atoms with Crippen molar-refractivity contribution in [1.29, 1.82) is 0 Å². The summed E-state index contributed by atoms with van der Waals surface area (Å²) in [6.07, 6.45) is 0.698. The van der Waals surface area contributed by atoms with Crippen LogP contribution >= 0.6 is 22.7 Å². The van der Waals surface area contributed by atoms with Crippen LogP contribution in [0.15, 0.2) is 154 Å². The van der Waals surface area contributed by atoms with E-state index in [1.165, 1.54) is 19.7 Å². The quantitative estimate of drug-likeness (QED) is 0.0951. The highest BCUT2D eigenvalue weighted by Gasteiger charge is 2.24. The second-order valence-electron chi connectivity index (χ2n) is 13.7. The van der Waals surface area contributed by atoms with Gasteiger partial charge in [-0.1, -0.05) is 131 Å². The van der Waals surface area contributed by atoms with Crippen LogP contribution in [0.2, 0.25) is 0 Å². The van der Waals surface area contributed by atoms with Crippen LogP contribution in [0.3, 0.4) is 0 Å². The lowest BCUT2D eigenvalue weighted by Crippen LogP contribution is -2.30. The Balaban J connectivity index is 0.000000203. The largest absolute Gasteiger partial charge is 0.496 e. The number of aromatic nitrogens is 2. The fourth-order valence-electron chi connectivity index (χ4n) is 6.88. The third kappa shape index (κ3) is 10.3. The van der Waals surface area contributed by atoms with E-state index in [-0.39, 0.29) is 5.92 Å². The molecular formula is C47H50N4O5S4. The van der Waals surface area contributed by atoms with Gasteiger partial charge in [0, 0.05) is 60.1 Å². The predicted octanol–water partition coefficient (Wildman–Crippen LogP) is 10.5. The first kappa shape index (κ1) is 44.5. The molecule has 0 bridgehead atoms. The number of hydrogen-bond acceptors (Lipinski definition) is 9. The Labute approximate surface area is 363 Å². The van der Waals surface area contributed by atoms with Crippen LogP contribution in [0.1, 0.15) is 60.3 Å². The van der Waals surface area contributed by atoms with Crippen molar-refractivity contribution in [3.05, 3.63) is 171 Å². The van der Waals surface area contributed by atoms with E-state index in [2.05, 4.69) is 48.5 Å². The summed E-state index contributed by atoms with van der Waals surface area (Å²) in [5, 5.41) is 6.04. The van der Waals surface area contributed by atoms with Crippen molar-refractivity contribution in [3.63, 3.8) is 0 Å². The van der Waals surface area contributed by atoms with Gasteiger partial charge in [-0.15, -0.1) is 22.7 Å². The van der Waals surface area contributed by atoms with E-state index in [0.717, 1.165) is 43.8 Å². The number of thiazole rings is 2. The summed E-state index contributed by atoms with van der Waals surface area (Å²) >= 11 is 3.21. The molecule has 0 fully saturated rings. The molecule has 0 amide bonds. The average molecular weight is 879 g/mol. The number of sulfonamides is 2. The number of hydrogen-bond donors (Lipinski definition) is 0. The molecule has 0 unspecified atom stereocenters. The Kier molecular flexibility index (Phi) is 15.2. The number of nitrogens with zero attached hydrogens (tertiary/aromatic N) is 4. The zero-order valence-electron chi connectivity index (χ0n) is 34.4. The second kappa shape index (κ2) is 20.5. The maximum atomic E-state index is 12.8. The smallest absolute Gasteiger partial charge is 0.243 e. The molecule has 60 heavy (non-hydrogen) atoms. The van der Waals surface area contributed by atoms with Crippen molar-refractivity contribution >= 4 is 42.7 Å². The minimum absolute atomic E-state index is 0.0541. The van der Waals surface area contributed by atoms with Crippen LogP contribution < -0.4 is 4.74 Å². The molecule has 0 aliphatic heterocycles. The van der Waals surface area contributed by atoms with E-state index in [9.17, 15) is 16.8 Å². The highest BCUT2D eigenvalue weighted by molar-refractivity contribution is 7.89.